The maximum Gasteiger partial charge on any atom is 0.255 e. The van der Waals surface area contributed by atoms with E-state index in [-0.39, 0.29) is 5.56 Å². The van der Waals surface area contributed by atoms with Crippen molar-refractivity contribution in [2.45, 2.75) is 26.9 Å². The summed E-state index contributed by atoms with van der Waals surface area (Å²) >= 11 is 0. The quantitative estimate of drug-likeness (QED) is 0.933. The van der Waals surface area contributed by atoms with Gasteiger partial charge in [0.25, 0.3) is 5.56 Å². The van der Waals surface area contributed by atoms with Crippen LogP contribution in [0.1, 0.15) is 18.1 Å². The van der Waals surface area contributed by atoms with Crippen molar-refractivity contribution >= 4 is 17.7 Å². The van der Waals surface area contributed by atoms with E-state index in [0.717, 1.165) is 29.3 Å². The van der Waals surface area contributed by atoms with E-state index in [9.17, 15) is 4.79 Å². The standard InChI is InChI=1S/C19H21N5O/c1-3-23-18-17(9-14(2)19(23)25)20-11-16-12-22(13-24(16)18)21-10-15-7-5-4-6-8-15/h4-9,11-12,21H,3,10,13H2,1-2H3. The van der Waals surface area contributed by atoms with Gasteiger partial charge in [0, 0.05) is 24.9 Å². The third-order valence-corrected chi connectivity index (χ3v) is 4.55. The second-order valence-corrected chi connectivity index (χ2v) is 6.26. The number of rotatable bonds is 4. The van der Waals surface area contributed by atoms with E-state index in [0.29, 0.717) is 13.2 Å². The molecule has 2 aliphatic heterocycles. The molecule has 6 nitrogen and oxygen atoms in total. The first-order valence-electron chi connectivity index (χ1n) is 8.49. The monoisotopic (exact) mass is 335 g/mol. The minimum absolute atomic E-state index is 0.0494. The van der Waals surface area contributed by atoms with Gasteiger partial charge in [0.05, 0.1) is 11.9 Å². The number of anilines is 1. The number of pyridine rings is 1. The van der Waals surface area contributed by atoms with Gasteiger partial charge in [-0.05, 0) is 25.5 Å². The lowest BCUT2D eigenvalue weighted by Gasteiger charge is -2.29. The van der Waals surface area contributed by atoms with E-state index in [1.54, 1.807) is 4.57 Å². The van der Waals surface area contributed by atoms with E-state index < -0.39 is 0 Å². The normalized spacial score (nSPS) is 15.2. The highest BCUT2D eigenvalue weighted by Crippen LogP contribution is 2.35. The Morgan fingerprint density at radius 3 is 2.80 bits per heavy atom. The fourth-order valence-electron chi connectivity index (χ4n) is 3.27. The van der Waals surface area contributed by atoms with Gasteiger partial charge in [-0.15, -0.1) is 0 Å². The molecule has 2 aromatic rings. The Morgan fingerprint density at radius 1 is 1.24 bits per heavy atom. The maximum absolute atomic E-state index is 12.5. The number of fused-ring (bicyclic) bond motifs is 3. The lowest BCUT2D eigenvalue weighted by Crippen LogP contribution is -2.39. The number of aromatic nitrogens is 1. The first-order chi connectivity index (χ1) is 12.2. The summed E-state index contributed by atoms with van der Waals surface area (Å²) < 4.78 is 1.80. The molecule has 0 saturated heterocycles. The molecule has 1 aromatic heterocycles. The predicted octanol–water partition coefficient (Wildman–Crippen LogP) is 2.52. The zero-order chi connectivity index (χ0) is 17.4. The van der Waals surface area contributed by atoms with Crippen molar-refractivity contribution in [2.24, 2.45) is 4.99 Å². The molecule has 4 rings (SSSR count). The molecule has 0 saturated carbocycles. The minimum Gasteiger partial charge on any atom is -0.303 e. The van der Waals surface area contributed by atoms with Gasteiger partial charge in [-0.3, -0.25) is 19.4 Å². The molecule has 0 aliphatic carbocycles. The number of hydrazine groups is 1. The van der Waals surface area contributed by atoms with Crippen LogP contribution in [0.2, 0.25) is 0 Å². The fraction of sp³-hybridized carbons (Fsp3) is 0.263. The lowest BCUT2D eigenvalue weighted by atomic mass is 10.2. The summed E-state index contributed by atoms with van der Waals surface area (Å²) in [5.74, 6) is 0.871. The van der Waals surface area contributed by atoms with E-state index in [2.05, 4.69) is 27.5 Å². The van der Waals surface area contributed by atoms with Gasteiger partial charge < -0.3 is 4.90 Å². The Bertz CT molecular complexity index is 913. The average Bonchev–Trinajstić information content (AvgIpc) is 3.05. The summed E-state index contributed by atoms with van der Waals surface area (Å²) in [6.07, 6.45) is 3.89. The first kappa shape index (κ1) is 15.7. The van der Waals surface area contributed by atoms with Crippen LogP contribution < -0.4 is 15.9 Å². The summed E-state index contributed by atoms with van der Waals surface area (Å²) in [5, 5.41) is 2.04. The van der Waals surface area contributed by atoms with Crippen molar-refractivity contribution in [1.82, 2.24) is 15.0 Å². The molecule has 3 heterocycles. The fourth-order valence-corrected chi connectivity index (χ4v) is 3.27. The first-order valence-corrected chi connectivity index (χ1v) is 8.49. The molecule has 0 amide bonds. The van der Waals surface area contributed by atoms with Gasteiger partial charge in [0.1, 0.15) is 18.2 Å². The van der Waals surface area contributed by atoms with E-state index in [1.807, 2.05) is 55.5 Å². The van der Waals surface area contributed by atoms with Crippen molar-refractivity contribution < 1.29 is 0 Å². The topological polar surface area (TPSA) is 52.9 Å². The van der Waals surface area contributed by atoms with Crippen LogP contribution in [0.25, 0.3) is 0 Å². The van der Waals surface area contributed by atoms with Gasteiger partial charge in [-0.2, -0.15) is 0 Å². The minimum atomic E-state index is 0.0494. The highest BCUT2D eigenvalue weighted by Gasteiger charge is 2.29. The van der Waals surface area contributed by atoms with Crippen LogP contribution in [0, 0.1) is 6.92 Å². The Labute approximate surface area is 146 Å². The van der Waals surface area contributed by atoms with Gasteiger partial charge in [0.2, 0.25) is 0 Å². The number of aryl methyl sites for hydroxylation is 1. The van der Waals surface area contributed by atoms with Crippen LogP contribution in [-0.2, 0) is 13.1 Å². The number of hydrogen-bond donors (Lipinski definition) is 1. The third-order valence-electron chi connectivity index (χ3n) is 4.55. The van der Waals surface area contributed by atoms with E-state index >= 15 is 0 Å². The Kier molecular flexibility index (Phi) is 3.89. The number of allylic oxidation sites excluding steroid dienone is 1. The van der Waals surface area contributed by atoms with E-state index in [1.165, 1.54) is 5.56 Å². The summed E-state index contributed by atoms with van der Waals surface area (Å²) in [6.45, 7) is 5.85. The second kappa shape index (κ2) is 6.22. The van der Waals surface area contributed by atoms with Gasteiger partial charge in [0.15, 0.2) is 0 Å². The molecule has 1 N–H and O–H groups in total. The average molecular weight is 335 g/mol. The van der Waals surface area contributed by atoms with Crippen LogP contribution >= 0.6 is 0 Å². The number of hydrogen-bond acceptors (Lipinski definition) is 5. The molecule has 0 bridgehead atoms. The molecule has 128 valence electrons. The molecule has 0 fully saturated rings. The molecule has 25 heavy (non-hydrogen) atoms. The van der Waals surface area contributed by atoms with Crippen LogP contribution in [0.5, 0.6) is 0 Å². The smallest absolute Gasteiger partial charge is 0.255 e. The summed E-state index contributed by atoms with van der Waals surface area (Å²) in [4.78, 5) is 19.2. The van der Waals surface area contributed by atoms with E-state index in [4.69, 9.17) is 0 Å². The SMILES string of the molecule is CCn1c2c(cc(C)c1=O)N=CC1=CN(NCc3ccccc3)CN12. The predicted molar refractivity (Wildman–Crippen MR) is 99.8 cm³/mol. The molecule has 1 aromatic carbocycles. The van der Waals surface area contributed by atoms with Crippen molar-refractivity contribution in [3.8, 4) is 0 Å². The van der Waals surface area contributed by atoms with Crippen molar-refractivity contribution in [3.63, 3.8) is 0 Å². The second-order valence-electron chi connectivity index (χ2n) is 6.26. The third kappa shape index (κ3) is 2.74. The molecule has 0 spiro atoms. The van der Waals surface area contributed by atoms with Gasteiger partial charge in [-0.1, -0.05) is 30.3 Å². The molecular formula is C19H21N5O. The zero-order valence-corrected chi connectivity index (χ0v) is 14.4. The van der Waals surface area contributed by atoms with Gasteiger partial charge >= 0.3 is 0 Å². The van der Waals surface area contributed by atoms with Crippen LogP contribution in [0.3, 0.4) is 0 Å². The molecule has 2 aliphatic rings. The molecule has 6 heteroatoms. The molecule has 0 unspecified atom stereocenters. The number of aliphatic imine (C=N–C) groups is 1. The van der Waals surface area contributed by atoms with Crippen molar-refractivity contribution in [1.29, 1.82) is 0 Å². The lowest BCUT2D eigenvalue weighted by molar-refractivity contribution is 0.287. The molecule has 0 atom stereocenters. The highest BCUT2D eigenvalue weighted by atomic mass is 16.1. The maximum atomic E-state index is 12.5. The van der Waals surface area contributed by atoms with Crippen molar-refractivity contribution in [2.75, 3.05) is 11.6 Å². The van der Waals surface area contributed by atoms with Crippen molar-refractivity contribution in [3.05, 3.63) is 69.8 Å². The molecule has 0 radical (unpaired) electrons. The number of nitrogens with zero attached hydrogens (tertiary/aromatic N) is 4. The Balaban J connectivity index is 1.60. The van der Waals surface area contributed by atoms with Crippen LogP contribution in [-0.4, -0.2) is 22.5 Å². The summed E-state index contributed by atoms with van der Waals surface area (Å²) in [5.41, 5.74) is 7.25. The number of nitrogens with one attached hydrogen (secondary N) is 1. The Hall–Kier alpha value is -2.86. The van der Waals surface area contributed by atoms with Crippen LogP contribution in [0.15, 0.2) is 58.1 Å². The van der Waals surface area contributed by atoms with Gasteiger partial charge in [-0.25, -0.2) is 5.43 Å². The summed E-state index contributed by atoms with van der Waals surface area (Å²) in [6, 6.07) is 12.1. The Morgan fingerprint density at radius 2 is 2.04 bits per heavy atom. The number of benzene rings is 1. The van der Waals surface area contributed by atoms with Crippen LogP contribution in [0.4, 0.5) is 11.5 Å². The zero-order valence-electron chi connectivity index (χ0n) is 14.4. The largest absolute Gasteiger partial charge is 0.303 e. The highest BCUT2D eigenvalue weighted by molar-refractivity contribution is 5.93. The summed E-state index contributed by atoms with van der Waals surface area (Å²) in [7, 11) is 0. The molecular weight excluding hydrogens is 314 g/mol.